The van der Waals surface area contributed by atoms with Crippen LogP contribution in [0.2, 0.25) is 5.02 Å². The minimum atomic E-state index is 0.149. The first-order chi connectivity index (χ1) is 18.7. The largest absolute Gasteiger partial charge is 0.506 e. The summed E-state index contributed by atoms with van der Waals surface area (Å²) < 4.78 is 0. The van der Waals surface area contributed by atoms with Crippen LogP contribution < -0.4 is 5.32 Å². The van der Waals surface area contributed by atoms with Crippen molar-refractivity contribution in [3.05, 3.63) is 136 Å². The molecule has 6 aromatic carbocycles. The summed E-state index contributed by atoms with van der Waals surface area (Å²) in [6.07, 6.45) is 0.891. The van der Waals surface area contributed by atoms with Gasteiger partial charge in [-0.1, -0.05) is 109 Å². The van der Waals surface area contributed by atoms with Crippen molar-refractivity contribution in [2.75, 3.05) is 13.1 Å². The van der Waals surface area contributed by atoms with Crippen LogP contribution in [-0.4, -0.2) is 18.2 Å². The molecule has 0 fully saturated rings. The van der Waals surface area contributed by atoms with Gasteiger partial charge < -0.3 is 10.4 Å². The maximum Gasteiger partial charge on any atom is 0.134 e. The van der Waals surface area contributed by atoms with Crippen molar-refractivity contribution in [3.63, 3.8) is 0 Å². The Morgan fingerprint density at radius 2 is 1.37 bits per heavy atom. The summed E-state index contributed by atoms with van der Waals surface area (Å²) in [5.41, 5.74) is 4.92. The van der Waals surface area contributed by atoms with E-state index in [1.165, 1.54) is 49.0 Å². The molecule has 7 rings (SSSR count). The lowest BCUT2D eigenvalue weighted by atomic mass is 9.83. The Kier molecular flexibility index (Phi) is 5.80. The maximum absolute atomic E-state index is 10.5. The minimum absolute atomic E-state index is 0.149. The van der Waals surface area contributed by atoms with Crippen molar-refractivity contribution in [2.24, 2.45) is 0 Å². The molecular weight excluding hydrogens is 486 g/mol. The first kappa shape index (κ1) is 23.3. The standard InChI is InChI=1S/C35H28ClNO/c36-34-18-31-26(20-37-21-33(32(31)19-35(34)38)23-6-2-1-3-7-23)16-22-10-11-25-13-14-28-27-9-5-4-8-24(27)12-15-29(28)30(25)17-22/h1-15,17-19,26,33,37-38H,16,20-21H2/t26-,33?/m0/s1. The van der Waals surface area contributed by atoms with Crippen molar-refractivity contribution in [1.29, 1.82) is 0 Å². The third-order valence-electron chi connectivity index (χ3n) is 8.20. The van der Waals surface area contributed by atoms with Gasteiger partial charge in [-0.15, -0.1) is 0 Å². The first-order valence-electron chi connectivity index (χ1n) is 13.3. The number of rotatable bonds is 3. The van der Waals surface area contributed by atoms with Crippen LogP contribution in [-0.2, 0) is 6.42 Å². The van der Waals surface area contributed by atoms with Gasteiger partial charge in [-0.05, 0) is 73.1 Å². The smallest absolute Gasteiger partial charge is 0.134 e. The molecule has 0 aromatic heterocycles. The van der Waals surface area contributed by atoms with Crippen LogP contribution in [0, 0.1) is 0 Å². The second-order valence-corrected chi connectivity index (χ2v) is 10.9. The molecule has 0 amide bonds. The Hall–Kier alpha value is -3.85. The van der Waals surface area contributed by atoms with E-state index in [1.807, 2.05) is 18.2 Å². The number of hydrogen-bond donors (Lipinski definition) is 2. The SMILES string of the molecule is Oc1cc2c(cc1Cl)[C@@H](Cc1ccc3ccc4c5ccccc5ccc4c3c1)CNCC2c1ccccc1. The van der Waals surface area contributed by atoms with Crippen LogP contribution in [0.4, 0.5) is 0 Å². The van der Waals surface area contributed by atoms with E-state index in [-0.39, 0.29) is 17.6 Å². The van der Waals surface area contributed by atoms with E-state index in [0.29, 0.717) is 5.02 Å². The summed E-state index contributed by atoms with van der Waals surface area (Å²) in [6, 6.07) is 38.9. The lowest BCUT2D eigenvalue weighted by Crippen LogP contribution is -2.23. The quantitative estimate of drug-likeness (QED) is 0.232. The number of benzene rings is 6. The Bertz CT molecular complexity index is 1810. The third-order valence-corrected chi connectivity index (χ3v) is 8.50. The summed E-state index contributed by atoms with van der Waals surface area (Å²) in [5, 5.41) is 22.4. The molecule has 0 bridgehead atoms. The molecule has 1 aliphatic rings. The van der Waals surface area contributed by atoms with Gasteiger partial charge in [-0.2, -0.15) is 0 Å². The fourth-order valence-corrected chi connectivity index (χ4v) is 6.48. The van der Waals surface area contributed by atoms with Crippen molar-refractivity contribution < 1.29 is 5.11 Å². The topological polar surface area (TPSA) is 32.3 Å². The number of phenols is 1. The minimum Gasteiger partial charge on any atom is -0.506 e. The zero-order chi connectivity index (χ0) is 25.6. The van der Waals surface area contributed by atoms with Gasteiger partial charge in [0.05, 0.1) is 5.02 Å². The van der Waals surface area contributed by atoms with Gasteiger partial charge in [0, 0.05) is 24.9 Å². The van der Waals surface area contributed by atoms with E-state index < -0.39 is 0 Å². The van der Waals surface area contributed by atoms with Crippen LogP contribution in [0.5, 0.6) is 5.75 Å². The summed E-state index contributed by atoms with van der Waals surface area (Å²) in [7, 11) is 0. The Morgan fingerprint density at radius 1 is 0.658 bits per heavy atom. The van der Waals surface area contributed by atoms with Gasteiger partial charge in [0.15, 0.2) is 0 Å². The van der Waals surface area contributed by atoms with Crippen LogP contribution in [0.25, 0.3) is 32.3 Å². The van der Waals surface area contributed by atoms with Gasteiger partial charge in [0.25, 0.3) is 0 Å². The Balaban J connectivity index is 1.32. The predicted molar refractivity (Wildman–Crippen MR) is 160 cm³/mol. The normalized spacial score (nSPS) is 17.5. The highest BCUT2D eigenvalue weighted by molar-refractivity contribution is 6.32. The summed E-state index contributed by atoms with van der Waals surface area (Å²) in [6.45, 7) is 1.68. The monoisotopic (exact) mass is 513 g/mol. The molecule has 186 valence electrons. The van der Waals surface area contributed by atoms with Crippen molar-refractivity contribution in [3.8, 4) is 5.75 Å². The number of halogens is 1. The second-order valence-electron chi connectivity index (χ2n) is 10.5. The molecule has 2 N–H and O–H groups in total. The van der Waals surface area contributed by atoms with Gasteiger partial charge in [0.1, 0.15) is 5.75 Å². The van der Waals surface area contributed by atoms with E-state index in [4.69, 9.17) is 11.6 Å². The number of nitrogens with one attached hydrogen (secondary N) is 1. The van der Waals surface area contributed by atoms with Gasteiger partial charge in [0.2, 0.25) is 0 Å². The number of aromatic hydroxyl groups is 1. The van der Waals surface area contributed by atoms with Gasteiger partial charge in [-0.25, -0.2) is 0 Å². The zero-order valence-electron chi connectivity index (χ0n) is 21.0. The highest BCUT2D eigenvalue weighted by Gasteiger charge is 2.27. The molecule has 0 saturated heterocycles. The number of fused-ring (bicyclic) bond motifs is 6. The maximum atomic E-state index is 10.5. The first-order valence-corrected chi connectivity index (χ1v) is 13.6. The zero-order valence-corrected chi connectivity index (χ0v) is 21.7. The molecule has 0 spiro atoms. The molecule has 1 heterocycles. The lowest BCUT2D eigenvalue weighted by Gasteiger charge is -2.22. The molecule has 1 unspecified atom stereocenters. The van der Waals surface area contributed by atoms with Crippen molar-refractivity contribution in [1.82, 2.24) is 5.32 Å². The van der Waals surface area contributed by atoms with E-state index in [2.05, 4.69) is 96.3 Å². The van der Waals surface area contributed by atoms with E-state index in [1.54, 1.807) is 0 Å². The molecule has 0 radical (unpaired) electrons. The number of phenolic OH excluding ortho intramolecular Hbond substituents is 1. The second kappa shape index (κ2) is 9.47. The summed E-state index contributed by atoms with van der Waals surface area (Å²) in [5.74, 6) is 0.551. The molecule has 6 aromatic rings. The molecule has 38 heavy (non-hydrogen) atoms. The molecule has 0 aliphatic carbocycles. The predicted octanol–water partition coefficient (Wildman–Crippen LogP) is 8.57. The third kappa shape index (κ3) is 4.01. The van der Waals surface area contributed by atoms with E-state index in [0.717, 1.165) is 25.1 Å². The summed E-state index contributed by atoms with van der Waals surface area (Å²) >= 11 is 6.48. The Labute approximate surface area is 227 Å². The molecule has 2 nitrogen and oxygen atoms in total. The van der Waals surface area contributed by atoms with E-state index in [9.17, 15) is 5.11 Å². The van der Waals surface area contributed by atoms with Gasteiger partial charge in [-0.3, -0.25) is 0 Å². The molecule has 3 heteroatoms. The average Bonchev–Trinajstić information content (AvgIpc) is 3.12. The molecular formula is C35H28ClNO. The van der Waals surface area contributed by atoms with Crippen LogP contribution >= 0.6 is 11.6 Å². The van der Waals surface area contributed by atoms with Crippen molar-refractivity contribution in [2.45, 2.75) is 18.3 Å². The van der Waals surface area contributed by atoms with Crippen LogP contribution in [0.3, 0.4) is 0 Å². The molecule has 2 atom stereocenters. The fraction of sp³-hybridized carbons (Fsp3) is 0.143. The van der Waals surface area contributed by atoms with E-state index >= 15 is 0 Å². The number of hydrogen-bond acceptors (Lipinski definition) is 2. The molecule has 0 saturated carbocycles. The van der Waals surface area contributed by atoms with Crippen molar-refractivity contribution >= 4 is 43.9 Å². The average molecular weight is 514 g/mol. The van der Waals surface area contributed by atoms with Crippen LogP contribution in [0.1, 0.15) is 34.1 Å². The fourth-order valence-electron chi connectivity index (χ4n) is 6.31. The Morgan fingerprint density at radius 3 is 2.21 bits per heavy atom. The molecule has 1 aliphatic heterocycles. The lowest BCUT2D eigenvalue weighted by molar-refractivity contribution is 0.474. The summed E-state index contributed by atoms with van der Waals surface area (Å²) in [4.78, 5) is 0. The highest BCUT2D eigenvalue weighted by atomic mass is 35.5. The highest BCUT2D eigenvalue weighted by Crippen LogP contribution is 2.40. The van der Waals surface area contributed by atoms with Crippen LogP contribution in [0.15, 0.2) is 109 Å². The van der Waals surface area contributed by atoms with Gasteiger partial charge >= 0.3 is 0 Å².